The van der Waals surface area contributed by atoms with Gasteiger partial charge in [0, 0.05) is 24.2 Å². The molecule has 0 aliphatic carbocycles. The second kappa shape index (κ2) is 6.69. The standard InChI is InChI=1S/C16H15FN2O/c1-20-16-5-3-2-4-13(16)10-19-11-14-8-12(9-18)6-7-15(14)17/h2-8,19H,10-11H2,1H3. The van der Waals surface area contributed by atoms with Crippen LogP contribution in [0.1, 0.15) is 16.7 Å². The van der Waals surface area contributed by atoms with Crippen molar-refractivity contribution in [3.05, 3.63) is 65.0 Å². The number of nitriles is 1. The largest absolute Gasteiger partial charge is 0.496 e. The van der Waals surface area contributed by atoms with Crippen LogP contribution in [-0.2, 0) is 13.1 Å². The van der Waals surface area contributed by atoms with E-state index in [0.29, 0.717) is 24.2 Å². The zero-order chi connectivity index (χ0) is 14.4. The minimum absolute atomic E-state index is 0.309. The van der Waals surface area contributed by atoms with Crippen LogP contribution >= 0.6 is 0 Å². The number of benzene rings is 2. The predicted molar refractivity (Wildman–Crippen MR) is 74.7 cm³/mol. The minimum Gasteiger partial charge on any atom is -0.496 e. The SMILES string of the molecule is COc1ccccc1CNCc1cc(C#N)ccc1F. The third-order valence-corrected chi connectivity index (χ3v) is 3.00. The van der Waals surface area contributed by atoms with Crippen molar-refractivity contribution in [3.63, 3.8) is 0 Å². The van der Waals surface area contributed by atoms with Crippen LogP contribution in [0.15, 0.2) is 42.5 Å². The lowest BCUT2D eigenvalue weighted by Crippen LogP contribution is -2.14. The summed E-state index contributed by atoms with van der Waals surface area (Å²) in [6, 6.07) is 14.0. The number of halogens is 1. The van der Waals surface area contributed by atoms with Crippen molar-refractivity contribution in [1.82, 2.24) is 5.32 Å². The molecule has 2 aromatic rings. The quantitative estimate of drug-likeness (QED) is 0.908. The highest BCUT2D eigenvalue weighted by atomic mass is 19.1. The van der Waals surface area contributed by atoms with E-state index in [1.165, 1.54) is 12.1 Å². The van der Waals surface area contributed by atoms with Gasteiger partial charge in [0.25, 0.3) is 0 Å². The molecule has 1 N–H and O–H groups in total. The van der Waals surface area contributed by atoms with Crippen molar-refractivity contribution in [2.24, 2.45) is 0 Å². The Morgan fingerprint density at radius 3 is 2.65 bits per heavy atom. The van der Waals surface area contributed by atoms with E-state index in [1.807, 2.05) is 30.3 Å². The van der Waals surface area contributed by atoms with Gasteiger partial charge in [-0.1, -0.05) is 18.2 Å². The zero-order valence-corrected chi connectivity index (χ0v) is 11.2. The van der Waals surface area contributed by atoms with Crippen LogP contribution < -0.4 is 10.1 Å². The number of rotatable bonds is 5. The van der Waals surface area contributed by atoms with Crippen LogP contribution in [0, 0.1) is 17.1 Å². The maximum Gasteiger partial charge on any atom is 0.127 e. The summed E-state index contributed by atoms with van der Waals surface area (Å²) >= 11 is 0. The first kappa shape index (κ1) is 14.0. The first-order valence-corrected chi connectivity index (χ1v) is 6.25. The van der Waals surface area contributed by atoms with Crippen molar-refractivity contribution in [3.8, 4) is 11.8 Å². The van der Waals surface area contributed by atoms with Gasteiger partial charge in [0.05, 0.1) is 18.7 Å². The van der Waals surface area contributed by atoms with Gasteiger partial charge in [0.2, 0.25) is 0 Å². The van der Waals surface area contributed by atoms with E-state index in [2.05, 4.69) is 5.32 Å². The Balaban J connectivity index is 2.01. The lowest BCUT2D eigenvalue weighted by atomic mass is 10.1. The van der Waals surface area contributed by atoms with E-state index in [4.69, 9.17) is 10.00 Å². The number of para-hydroxylation sites is 1. The van der Waals surface area contributed by atoms with Crippen LogP contribution in [-0.4, -0.2) is 7.11 Å². The summed E-state index contributed by atoms with van der Waals surface area (Å²) in [6.45, 7) is 0.930. The lowest BCUT2D eigenvalue weighted by Gasteiger charge is -2.10. The highest BCUT2D eigenvalue weighted by Crippen LogP contribution is 2.17. The number of nitrogens with one attached hydrogen (secondary N) is 1. The maximum atomic E-state index is 13.6. The molecule has 0 aliphatic rings. The van der Waals surface area contributed by atoms with Gasteiger partial charge in [-0.2, -0.15) is 5.26 Å². The Labute approximate surface area is 117 Å². The fourth-order valence-corrected chi connectivity index (χ4v) is 1.96. The minimum atomic E-state index is -0.309. The highest BCUT2D eigenvalue weighted by molar-refractivity contribution is 5.35. The van der Waals surface area contributed by atoms with E-state index >= 15 is 0 Å². The van der Waals surface area contributed by atoms with Crippen LogP contribution in [0.5, 0.6) is 5.75 Å². The molecule has 0 bridgehead atoms. The number of methoxy groups -OCH3 is 1. The summed E-state index contributed by atoms with van der Waals surface area (Å²) in [4.78, 5) is 0. The van der Waals surface area contributed by atoms with Crippen molar-refractivity contribution in [1.29, 1.82) is 5.26 Å². The molecule has 0 saturated heterocycles. The van der Waals surface area contributed by atoms with Gasteiger partial charge >= 0.3 is 0 Å². The molecule has 2 rings (SSSR count). The molecule has 0 radical (unpaired) electrons. The summed E-state index contributed by atoms with van der Waals surface area (Å²) in [7, 11) is 1.62. The molecule has 0 spiro atoms. The molecular formula is C16H15FN2O. The normalized spacial score (nSPS) is 10.1. The van der Waals surface area contributed by atoms with Crippen LogP contribution in [0.25, 0.3) is 0 Å². The third-order valence-electron chi connectivity index (χ3n) is 3.00. The van der Waals surface area contributed by atoms with Crippen molar-refractivity contribution >= 4 is 0 Å². The van der Waals surface area contributed by atoms with Crippen molar-refractivity contribution in [2.75, 3.05) is 7.11 Å². The van der Waals surface area contributed by atoms with E-state index < -0.39 is 0 Å². The van der Waals surface area contributed by atoms with Gasteiger partial charge in [0.1, 0.15) is 11.6 Å². The number of hydrogen-bond acceptors (Lipinski definition) is 3. The molecule has 3 nitrogen and oxygen atoms in total. The second-order valence-corrected chi connectivity index (χ2v) is 4.33. The summed E-state index contributed by atoms with van der Waals surface area (Å²) in [5, 5.41) is 12.0. The topological polar surface area (TPSA) is 45.0 Å². The van der Waals surface area contributed by atoms with Crippen molar-refractivity contribution < 1.29 is 9.13 Å². The van der Waals surface area contributed by atoms with E-state index in [9.17, 15) is 4.39 Å². The van der Waals surface area contributed by atoms with E-state index in [0.717, 1.165) is 11.3 Å². The van der Waals surface area contributed by atoms with Gasteiger partial charge in [-0.05, 0) is 24.3 Å². The molecule has 0 aromatic heterocycles. The van der Waals surface area contributed by atoms with Gasteiger partial charge in [-0.15, -0.1) is 0 Å². The van der Waals surface area contributed by atoms with Gasteiger partial charge in [0.15, 0.2) is 0 Å². The first-order valence-electron chi connectivity index (χ1n) is 6.25. The average Bonchev–Trinajstić information content (AvgIpc) is 2.49. The number of ether oxygens (including phenoxy) is 1. The summed E-state index contributed by atoms with van der Waals surface area (Å²) in [5.41, 5.74) is 1.95. The number of hydrogen-bond donors (Lipinski definition) is 1. The predicted octanol–water partition coefficient (Wildman–Crippen LogP) is 3.00. The molecule has 0 fully saturated rings. The zero-order valence-electron chi connectivity index (χ0n) is 11.2. The highest BCUT2D eigenvalue weighted by Gasteiger charge is 2.05. The molecule has 0 heterocycles. The second-order valence-electron chi connectivity index (χ2n) is 4.33. The number of nitrogens with zero attached hydrogens (tertiary/aromatic N) is 1. The Bertz CT molecular complexity index is 635. The molecule has 0 unspecified atom stereocenters. The smallest absolute Gasteiger partial charge is 0.127 e. The van der Waals surface area contributed by atoms with Crippen LogP contribution in [0.3, 0.4) is 0 Å². The van der Waals surface area contributed by atoms with E-state index in [1.54, 1.807) is 13.2 Å². The molecule has 0 atom stereocenters. The average molecular weight is 270 g/mol. The van der Waals surface area contributed by atoms with Crippen LogP contribution in [0.2, 0.25) is 0 Å². The van der Waals surface area contributed by atoms with Crippen molar-refractivity contribution in [2.45, 2.75) is 13.1 Å². The van der Waals surface area contributed by atoms with Gasteiger partial charge in [-0.3, -0.25) is 0 Å². The Hall–Kier alpha value is -2.38. The molecule has 0 amide bonds. The third kappa shape index (κ3) is 3.34. The van der Waals surface area contributed by atoms with Crippen LogP contribution in [0.4, 0.5) is 4.39 Å². The molecule has 0 aliphatic heterocycles. The lowest BCUT2D eigenvalue weighted by molar-refractivity contribution is 0.407. The molecule has 0 saturated carbocycles. The Morgan fingerprint density at radius 2 is 1.90 bits per heavy atom. The van der Waals surface area contributed by atoms with E-state index in [-0.39, 0.29) is 5.82 Å². The monoisotopic (exact) mass is 270 g/mol. The van der Waals surface area contributed by atoms with Gasteiger partial charge in [-0.25, -0.2) is 4.39 Å². The first-order chi connectivity index (χ1) is 9.74. The summed E-state index contributed by atoms with van der Waals surface area (Å²) in [5.74, 6) is 0.489. The molecule has 4 heteroatoms. The molecule has 20 heavy (non-hydrogen) atoms. The van der Waals surface area contributed by atoms with Gasteiger partial charge < -0.3 is 10.1 Å². The molecule has 2 aromatic carbocycles. The summed E-state index contributed by atoms with van der Waals surface area (Å²) in [6.07, 6.45) is 0. The Morgan fingerprint density at radius 1 is 1.15 bits per heavy atom. The Kier molecular flexibility index (Phi) is 4.70. The molecule has 102 valence electrons. The fraction of sp³-hybridized carbons (Fsp3) is 0.188. The maximum absolute atomic E-state index is 13.6. The summed E-state index contributed by atoms with van der Waals surface area (Å²) < 4.78 is 18.9. The fourth-order valence-electron chi connectivity index (χ4n) is 1.96. The molecular weight excluding hydrogens is 255 g/mol.